The van der Waals surface area contributed by atoms with Crippen LogP contribution in [-0.4, -0.2) is 21.9 Å². The fourth-order valence-electron chi connectivity index (χ4n) is 2.10. The number of aliphatic hydroxyl groups is 2. The summed E-state index contributed by atoms with van der Waals surface area (Å²) in [7, 11) is 0. The molecule has 6 nitrogen and oxygen atoms in total. The Morgan fingerprint density at radius 1 is 1.00 bits per heavy atom. The molecule has 0 unspecified atom stereocenters. The second kappa shape index (κ2) is 9.94. The van der Waals surface area contributed by atoms with Crippen LogP contribution in [0, 0.1) is 13.8 Å². The summed E-state index contributed by atoms with van der Waals surface area (Å²) >= 11 is 0. The minimum Gasteiger partial charge on any atom is -0.444 e. The predicted molar refractivity (Wildman–Crippen MR) is 108 cm³/mol. The third-order valence-corrected chi connectivity index (χ3v) is 3.65. The third-order valence-electron chi connectivity index (χ3n) is 3.65. The van der Waals surface area contributed by atoms with Crippen molar-refractivity contribution in [3.63, 3.8) is 0 Å². The van der Waals surface area contributed by atoms with Crippen LogP contribution in [-0.2, 0) is 18.0 Å². The van der Waals surface area contributed by atoms with Gasteiger partial charge < -0.3 is 20.7 Å². The Morgan fingerprint density at radius 2 is 1.52 bits per heavy atom. The molecule has 0 aliphatic heterocycles. The summed E-state index contributed by atoms with van der Waals surface area (Å²) in [5, 5.41) is 20.4. The second-order valence-corrected chi connectivity index (χ2v) is 7.28. The number of aliphatic hydroxyl groups excluding tert-OH is 2. The van der Waals surface area contributed by atoms with Gasteiger partial charge in [0.15, 0.2) is 0 Å². The largest absolute Gasteiger partial charge is 0.444 e. The maximum atomic E-state index is 11.6. The monoisotopic (exact) mass is 374 g/mol. The first-order valence-electron chi connectivity index (χ1n) is 8.72. The van der Waals surface area contributed by atoms with Crippen molar-refractivity contribution < 1.29 is 19.7 Å². The highest BCUT2D eigenvalue weighted by Gasteiger charge is 2.16. The van der Waals surface area contributed by atoms with E-state index in [1.165, 1.54) is 0 Å². The van der Waals surface area contributed by atoms with Gasteiger partial charge in [0.1, 0.15) is 5.60 Å². The van der Waals surface area contributed by atoms with Crippen LogP contribution in [0.4, 0.5) is 16.2 Å². The summed E-state index contributed by atoms with van der Waals surface area (Å²) in [4.78, 5) is 11.6. The van der Waals surface area contributed by atoms with E-state index in [9.17, 15) is 4.79 Å². The molecule has 0 fully saturated rings. The number of nitrogen functional groups attached to an aromatic ring is 1. The van der Waals surface area contributed by atoms with Crippen molar-refractivity contribution in [1.82, 2.24) is 0 Å². The van der Waals surface area contributed by atoms with Gasteiger partial charge in [-0.1, -0.05) is 24.3 Å². The summed E-state index contributed by atoms with van der Waals surface area (Å²) in [6, 6.07) is 11.0. The van der Waals surface area contributed by atoms with Gasteiger partial charge in [0, 0.05) is 11.4 Å². The molecule has 6 heteroatoms. The topological polar surface area (TPSA) is 105 Å². The number of hydrogen-bond acceptors (Lipinski definition) is 5. The van der Waals surface area contributed by atoms with Crippen LogP contribution in [0.3, 0.4) is 0 Å². The fraction of sp³-hybridized carbons (Fsp3) is 0.381. The van der Waals surface area contributed by atoms with Crippen molar-refractivity contribution in [2.75, 3.05) is 11.1 Å². The van der Waals surface area contributed by atoms with Gasteiger partial charge in [0.2, 0.25) is 0 Å². The van der Waals surface area contributed by atoms with Gasteiger partial charge in [0.25, 0.3) is 0 Å². The first-order valence-corrected chi connectivity index (χ1v) is 8.72. The zero-order valence-corrected chi connectivity index (χ0v) is 16.7. The first-order chi connectivity index (χ1) is 12.6. The van der Waals surface area contributed by atoms with Crippen LogP contribution in [0.25, 0.3) is 0 Å². The van der Waals surface area contributed by atoms with E-state index in [2.05, 4.69) is 5.32 Å². The second-order valence-electron chi connectivity index (χ2n) is 7.28. The van der Waals surface area contributed by atoms with Crippen molar-refractivity contribution in [2.24, 2.45) is 0 Å². The molecule has 27 heavy (non-hydrogen) atoms. The van der Waals surface area contributed by atoms with Gasteiger partial charge in [-0.2, -0.15) is 0 Å². The van der Waals surface area contributed by atoms with Crippen LogP contribution < -0.4 is 11.1 Å². The van der Waals surface area contributed by atoms with Gasteiger partial charge in [0.05, 0.1) is 13.2 Å². The number of carbonyl (C=O) groups is 1. The van der Waals surface area contributed by atoms with E-state index in [1.807, 2.05) is 58.9 Å². The molecule has 5 N–H and O–H groups in total. The molecule has 0 bridgehead atoms. The van der Waals surface area contributed by atoms with E-state index >= 15 is 0 Å². The zero-order valence-electron chi connectivity index (χ0n) is 16.7. The lowest BCUT2D eigenvalue weighted by molar-refractivity contribution is 0.0635. The van der Waals surface area contributed by atoms with Crippen LogP contribution >= 0.6 is 0 Å². The van der Waals surface area contributed by atoms with Crippen LogP contribution in [0.2, 0.25) is 0 Å². The van der Waals surface area contributed by atoms with E-state index in [-0.39, 0.29) is 13.2 Å². The Bertz CT molecular complexity index is 767. The Hall–Kier alpha value is -2.57. The quantitative estimate of drug-likeness (QED) is 0.610. The number of nitrogens with one attached hydrogen (secondary N) is 1. The molecule has 0 saturated heterocycles. The lowest BCUT2D eigenvalue weighted by Gasteiger charge is -2.20. The SMILES string of the molecule is Cc1ccc(CO)cc1N.Cc1ccc(CO)cc1NC(=O)OC(C)(C)C. The number of anilines is 2. The molecule has 148 valence electrons. The van der Waals surface area contributed by atoms with Crippen molar-refractivity contribution >= 4 is 17.5 Å². The number of carbonyl (C=O) groups excluding carboxylic acids is 1. The molecule has 0 radical (unpaired) electrons. The minimum absolute atomic E-state index is 0.0523. The van der Waals surface area contributed by atoms with Gasteiger partial charge >= 0.3 is 6.09 Å². The molecule has 0 aliphatic carbocycles. The molecule has 0 aliphatic rings. The van der Waals surface area contributed by atoms with Crippen LogP contribution in [0.1, 0.15) is 43.0 Å². The van der Waals surface area contributed by atoms with E-state index in [0.717, 1.165) is 27.9 Å². The number of benzene rings is 2. The Morgan fingerprint density at radius 3 is 2.00 bits per heavy atom. The molecule has 0 spiro atoms. The van der Waals surface area contributed by atoms with Crippen molar-refractivity contribution in [2.45, 2.75) is 53.4 Å². The molecular formula is C21H30N2O4. The number of hydrogen-bond donors (Lipinski definition) is 4. The highest BCUT2D eigenvalue weighted by atomic mass is 16.6. The number of amides is 1. The summed E-state index contributed by atoms with van der Waals surface area (Å²) in [6.45, 7) is 9.26. The predicted octanol–water partition coefficient (Wildman–Crippen LogP) is 3.90. The molecule has 0 heterocycles. The lowest BCUT2D eigenvalue weighted by atomic mass is 10.1. The summed E-state index contributed by atoms with van der Waals surface area (Å²) in [5.74, 6) is 0. The van der Waals surface area contributed by atoms with E-state index in [0.29, 0.717) is 5.69 Å². The normalized spacial score (nSPS) is 10.6. The average Bonchev–Trinajstić information content (AvgIpc) is 2.58. The highest BCUT2D eigenvalue weighted by molar-refractivity contribution is 5.86. The Labute approximate surface area is 161 Å². The molecule has 2 aromatic rings. The summed E-state index contributed by atoms with van der Waals surface area (Å²) in [5.41, 5.74) is 10.1. The van der Waals surface area contributed by atoms with E-state index < -0.39 is 11.7 Å². The molecule has 2 aromatic carbocycles. The van der Waals surface area contributed by atoms with Crippen LogP contribution in [0.15, 0.2) is 36.4 Å². The summed E-state index contributed by atoms with van der Waals surface area (Å²) in [6.07, 6.45) is -0.490. The minimum atomic E-state index is -0.521. The molecule has 2 rings (SSSR count). The van der Waals surface area contributed by atoms with Crippen molar-refractivity contribution in [3.8, 4) is 0 Å². The smallest absolute Gasteiger partial charge is 0.412 e. The molecule has 1 amide bonds. The number of aryl methyl sites for hydroxylation is 2. The highest BCUT2D eigenvalue weighted by Crippen LogP contribution is 2.18. The average molecular weight is 374 g/mol. The lowest BCUT2D eigenvalue weighted by Crippen LogP contribution is -2.27. The Balaban J connectivity index is 0.000000309. The van der Waals surface area contributed by atoms with Gasteiger partial charge in [-0.3, -0.25) is 5.32 Å². The standard InChI is InChI=1S/C13H19NO3.C8H11NO/c1-9-5-6-10(8-15)7-11(9)14-12(16)17-13(2,3)4;1-6-2-3-7(5-10)4-8(6)9/h5-7,15H,8H2,1-4H3,(H,14,16);2-4,10H,5,9H2,1H3. The van der Waals surface area contributed by atoms with Gasteiger partial charge in [-0.05, 0) is 69.0 Å². The van der Waals surface area contributed by atoms with E-state index in [1.54, 1.807) is 12.1 Å². The molecule has 0 saturated carbocycles. The molecular weight excluding hydrogens is 344 g/mol. The Kier molecular flexibility index (Phi) is 8.28. The number of ether oxygens (including phenoxy) is 1. The van der Waals surface area contributed by atoms with Crippen molar-refractivity contribution in [3.05, 3.63) is 58.7 Å². The molecule has 0 atom stereocenters. The number of rotatable bonds is 3. The third kappa shape index (κ3) is 8.11. The fourth-order valence-corrected chi connectivity index (χ4v) is 2.10. The number of nitrogens with two attached hydrogens (primary N) is 1. The summed E-state index contributed by atoms with van der Waals surface area (Å²) < 4.78 is 5.16. The van der Waals surface area contributed by atoms with Crippen LogP contribution in [0.5, 0.6) is 0 Å². The maximum absolute atomic E-state index is 11.6. The maximum Gasteiger partial charge on any atom is 0.412 e. The molecule has 0 aromatic heterocycles. The first kappa shape index (κ1) is 22.5. The van der Waals surface area contributed by atoms with Gasteiger partial charge in [-0.25, -0.2) is 4.79 Å². The van der Waals surface area contributed by atoms with Gasteiger partial charge in [-0.15, -0.1) is 0 Å². The van der Waals surface area contributed by atoms with Crippen molar-refractivity contribution in [1.29, 1.82) is 0 Å². The zero-order chi connectivity index (χ0) is 20.6. The van der Waals surface area contributed by atoms with E-state index in [4.69, 9.17) is 20.7 Å².